The SMILES string of the molecule is Fc1cc(-c2nc(C(F)(F)F)c[nH]2)cnc1Cl. The quantitative estimate of drug-likeness (QED) is 0.635. The summed E-state index contributed by atoms with van der Waals surface area (Å²) < 4.78 is 49.8. The van der Waals surface area contributed by atoms with Crippen molar-refractivity contribution in [2.45, 2.75) is 6.18 Å². The Labute approximate surface area is 97.5 Å². The molecule has 2 rings (SSSR count). The van der Waals surface area contributed by atoms with Crippen molar-refractivity contribution in [2.75, 3.05) is 0 Å². The molecule has 0 aliphatic rings. The van der Waals surface area contributed by atoms with Crippen LogP contribution in [0.5, 0.6) is 0 Å². The van der Waals surface area contributed by atoms with Crippen LogP contribution < -0.4 is 0 Å². The second-order valence-electron chi connectivity index (χ2n) is 3.13. The zero-order chi connectivity index (χ0) is 12.6. The lowest BCUT2D eigenvalue weighted by Gasteiger charge is -2.00. The van der Waals surface area contributed by atoms with E-state index in [0.717, 1.165) is 12.3 Å². The molecule has 0 atom stereocenters. The van der Waals surface area contributed by atoms with Crippen LogP contribution in [0, 0.1) is 5.82 Å². The predicted molar refractivity (Wildman–Crippen MR) is 51.8 cm³/mol. The van der Waals surface area contributed by atoms with Gasteiger partial charge in [0.15, 0.2) is 16.7 Å². The van der Waals surface area contributed by atoms with Gasteiger partial charge in [0.2, 0.25) is 0 Å². The molecule has 8 heteroatoms. The normalized spacial score (nSPS) is 11.8. The Kier molecular flexibility index (Phi) is 2.78. The van der Waals surface area contributed by atoms with Crippen molar-refractivity contribution in [3.05, 3.63) is 35.1 Å². The molecule has 2 aromatic rings. The van der Waals surface area contributed by atoms with Gasteiger partial charge in [-0.2, -0.15) is 13.2 Å². The number of alkyl halides is 3. The minimum Gasteiger partial charge on any atom is -0.344 e. The predicted octanol–water partition coefficient (Wildman–Crippen LogP) is 3.28. The van der Waals surface area contributed by atoms with Crippen LogP contribution in [-0.2, 0) is 6.18 Å². The van der Waals surface area contributed by atoms with Crippen LogP contribution in [0.3, 0.4) is 0 Å². The molecular weight excluding hydrogens is 262 g/mol. The number of imidazole rings is 1. The highest BCUT2D eigenvalue weighted by Crippen LogP contribution is 2.29. The minimum absolute atomic E-state index is 0.0856. The van der Waals surface area contributed by atoms with Gasteiger partial charge in [0.25, 0.3) is 0 Å². The van der Waals surface area contributed by atoms with Crippen molar-refractivity contribution in [3.8, 4) is 11.4 Å². The highest BCUT2D eigenvalue weighted by molar-refractivity contribution is 6.29. The smallest absolute Gasteiger partial charge is 0.344 e. The summed E-state index contributed by atoms with van der Waals surface area (Å²) in [5.74, 6) is -0.950. The molecule has 1 N–H and O–H groups in total. The maximum absolute atomic E-state index is 13.0. The summed E-state index contributed by atoms with van der Waals surface area (Å²) >= 11 is 5.35. The van der Waals surface area contributed by atoms with Crippen molar-refractivity contribution >= 4 is 11.6 Å². The van der Waals surface area contributed by atoms with Gasteiger partial charge < -0.3 is 4.98 Å². The lowest BCUT2D eigenvalue weighted by molar-refractivity contribution is -0.140. The van der Waals surface area contributed by atoms with Crippen LogP contribution >= 0.6 is 11.6 Å². The molecule has 0 bridgehead atoms. The number of pyridine rings is 1. The number of aromatic nitrogens is 3. The van der Waals surface area contributed by atoms with Crippen LogP contribution in [0.25, 0.3) is 11.4 Å². The van der Waals surface area contributed by atoms with Gasteiger partial charge in [-0.1, -0.05) is 11.6 Å². The van der Waals surface area contributed by atoms with Crippen molar-refractivity contribution in [1.29, 1.82) is 0 Å². The number of hydrogen-bond donors (Lipinski definition) is 1. The topological polar surface area (TPSA) is 41.6 Å². The number of hydrogen-bond acceptors (Lipinski definition) is 2. The van der Waals surface area contributed by atoms with E-state index in [1.165, 1.54) is 0 Å². The summed E-state index contributed by atoms with van der Waals surface area (Å²) in [7, 11) is 0. The Morgan fingerprint density at radius 3 is 2.53 bits per heavy atom. The summed E-state index contributed by atoms with van der Waals surface area (Å²) in [6.45, 7) is 0. The van der Waals surface area contributed by atoms with E-state index in [1.54, 1.807) is 0 Å². The monoisotopic (exact) mass is 265 g/mol. The van der Waals surface area contributed by atoms with Gasteiger partial charge in [0.1, 0.15) is 5.82 Å². The lowest BCUT2D eigenvalue weighted by Crippen LogP contribution is -2.04. The first kappa shape index (κ1) is 11.8. The van der Waals surface area contributed by atoms with Crippen molar-refractivity contribution < 1.29 is 17.6 Å². The first-order valence-corrected chi connectivity index (χ1v) is 4.70. The van der Waals surface area contributed by atoms with Gasteiger partial charge in [-0.05, 0) is 6.07 Å². The first-order chi connectivity index (χ1) is 7.88. The van der Waals surface area contributed by atoms with Crippen molar-refractivity contribution in [2.24, 2.45) is 0 Å². The third kappa shape index (κ3) is 2.38. The molecule has 0 saturated heterocycles. The summed E-state index contributed by atoms with van der Waals surface area (Å²) in [4.78, 5) is 9.06. The van der Waals surface area contributed by atoms with Crippen molar-refractivity contribution in [1.82, 2.24) is 15.0 Å². The summed E-state index contributed by atoms with van der Waals surface area (Å²) in [6, 6.07) is 0.953. The van der Waals surface area contributed by atoms with Gasteiger partial charge in [0, 0.05) is 18.0 Å². The van der Waals surface area contributed by atoms with E-state index in [0.29, 0.717) is 6.20 Å². The molecule has 0 amide bonds. The Morgan fingerprint density at radius 1 is 1.29 bits per heavy atom. The average molecular weight is 266 g/mol. The molecule has 17 heavy (non-hydrogen) atoms. The molecule has 0 fully saturated rings. The van der Waals surface area contributed by atoms with E-state index in [9.17, 15) is 17.6 Å². The van der Waals surface area contributed by atoms with Crippen LogP contribution in [0.4, 0.5) is 17.6 Å². The van der Waals surface area contributed by atoms with E-state index in [4.69, 9.17) is 11.6 Å². The van der Waals surface area contributed by atoms with Gasteiger partial charge in [-0.15, -0.1) is 0 Å². The third-order valence-electron chi connectivity index (χ3n) is 1.94. The summed E-state index contributed by atoms with van der Waals surface area (Å²) in [6.07, 6.45) is -2.72. The zero-order valence-electron chi connectivity index (χ0n) is 8.02. The van der Waals surface area contributed by atoms with Crippen LogP contribution in [0.1, 0.15) is 5.69 Å². The molecule has 0 aromatic carbocycles. The largest absolute Gasteiger partial charge is 0.434 e. The Balaban J connectivity index is 2.40. The van der Waals surface area contributed by atoms with E-state index < -0.39 is 17.7 Å². The molecule has 3 nitrogen and oxygen atoms in total. The standard InChI is InChI=1S/C9H4ClF4N3/c10-7-5(11)1-4(2-15-7)8-16-3-6(17-8)9(12,13)14/h1-3H,(H,16,17). The second kappa shape index (κ2) is 3.99. The molecular formula is C9H4ClF4N3. The molecule has 0 unspecified atom stereocenters. The lowest BCUT2D eigenvalue weighted by atomic mass is 10.3. The minimum atomic E-state index is -4.55. The first-order valence-electron chi connectivity index (χ1n) is 4.32. The molecule has 0 spiro atoms. The maximum atomic E-state index is 13.0. The summed E-state index contributed by atoms with van der Waals surface area (Å²) in [5.41, 5.74) is -0.995. The molecule has 0 saturated carbocycles. The Hall–Kier alpha value is -1.63. The Bertz CT molecular complexity index is 549. The second-order valence-corrected chi connectivity index (χ2v) is 3.49. The highest BCUT2D eigenvalue weighted by atomic mass is 35.5. The fourth-order valence-corrected chi connectivity index (χ4v) is 1.27. The molecule has 2 aromatic heterocycles. The van der Waals surface area contributed by atoms with E-state index in [1.807, 2.05) is 0 Å². The van der Waals surface area contributed by atoms with E-state index in [-0.39, 0.29) is 16.5 Å². The number of nitrogens with zero attached hydrogens (tertiary/aromatic N) is 2. The van der Waals surface area contributed by atoms with Crippen LogP contribution in [0.15, 0.2) is 18.5 Å². The fraction of sp³-hybridized carbons (Fsp3) is 0.111. The molecule has 0 radical (unpaired) electrons. The van der Waals surface area contributed by atoms with Crippen LogP contribution in [0.2, 0.25) is 5.15 Å². The Morgan fingerprint density at radius 2 is 2.00 bits per heavy atom. The average Bonchev–Trinajstić information content (AvgIpc) is 2.70. The van der Waals surface area contributed by atoms with Gasteiger partial charge in [0.05, 0.1) is 0 Å². The number of aromatic amines is 1. The van der Waals surface area contributed by atoms with E-state index >= 15 is 0 Å². The fourth-order valence-electron chi connectivity index (χ4n) is 1.17. The van der Waals surface area contributed by atoms with Crippen molar-refractivity contribution in [3.63, 3.8) is 0 Å². The molecule has 0 aliphatic carbocycles. The van der Waals surface area contributed by atoms with Gasteiger partial charge in [-0.25, -0.2) is 14.4 Å². The maximum Gasteiger partial charge on any atom is 0.434 e. The number of nitrogens with one attached hydrogen (secondary N) is 1. The van der Waals surface area contributed by atoms with Gasteiger partial charge in [-0.3, -0.25) is 0 Å². The molecule has 0 aliphatic heterocycles. The highest BCUT2D eigenvalue weighted by Gasteiger charge is 2.33. The number of rotatable bonds is 1. The number of halogens is 5. The van der Waals surface area contributed by atoms with Crippen LogP contribution in [-0.4, -0.2) is 15.0 Å². The van der Waals surface area contributed by atoms with E-state index in [2.05, 4.69) is 15.0 Å². The molecule has 2 heterocycles. The molecule has 90 valence electrons. The van der Waals surface area contributed by atoms with Gasteiger partial charge >= 0.3 is 6.18 Å². The zero-order valence-corrected chi connectivity index (χ0v) is 8.77. The number of H-pyrrole nitrogens is 1. The third-order valence-corrected chi connectivity index (χ3v) is 2.22. The summed E-state index contributed by atoms with van der Waals surface area (Å²) in [5, 5.41) is -0.351.